The Morgan fingerprint density at radius 3 is 2.86 bits per heavy atom. The van der Waals surface area contributed by atoms with E-state index in [0.29, 0.717) is 15.7 Å². The third-order valence-corrected chi connectivity index (χ3v) is 5.20. The van der Waals surface area contributed by atoms with Gasteiger partial charge < -0.3 is 9.66 Å². The second-order valence-corrected chi connectivity index (χ2v) is 7.58. The number of aromatic nitrogens is 1. The van der Waals surface area contributed by atoms with Gasteiger partial charge >= 0.3 is 0 Å². The standard InChI is InChI=1S/C14H16N2O3S2/c1-8(2)21(19)11-7-20-14(15-11)16-13(18)10-6-4-5-9(3)12(10)17/h4-8,17H,1-3H3,(H,15,16,18). The van der Waals surface area contributed by atoms with Crippen molar-refractivity contribution in [2.24, 2.45) is 0 Å². The fourth-order valence-corrected chi connectivity index (χ4v) is 3.47. The maximum absolute atomic E-state index is 12.1. The number of aromatic hydroxyl groups is 1. The van der Waals surface area contributed by atoms with E-state index in [0.717, 1.165) is 0 Å². The Morgan fingerprint density at radius 1 is 1.48 bits per heavy atom. The lowest BCUT2D eigenvalue weighted by molar-refractivity contribution is 0.102. The fraction of sp³-hybridized carbons (Fsp3) is 0.286. The second kappa shape index (κ2) is 6.46. The van der Waals surface area contributed by atoms with E-state index in [1.807, 2.05) is 13.8 Å². The highest BCUT2D eigenvalue weighted by Crippen LogP contribution is 2.25. The topological polar surface area (TPSA) is 85.3 Å². The highest BCUT2D eigenvalue weighted by atomic mass is 32.2. The summed E-state index contributed by atoms with van der Waals surface area (Å²) >= 11 is 0.0275. The average molecular weight is 324 g/mol. The number of phenolic OH excluding ortho intramolecular Hbond substituents is 1. The van der Waals surface area contributed by atoms with Crippen LogP contribution in [0, 0.1) is 6.92 Å². The molecule has 2 rings (SSSR count). The van der Waals surface area contributed by atoms with E-state index in [4.69, 9.17) is 0 Å². The zero-order chi connectivity index (χ0) is 15.6. The maximum Gasteiger partial charge on any atom is 0.261 e. The van der Waals surface area contributed by atoms with Gasteiger partial charge in [0, 0.05) is 11.2 Å². The summed E-state index contributed by atoms with van der Waals surface area (Å²) in [6.07, 6.45) is 0. The predicted molar refractivity (Wildman–Crippen MR) is 84.5 cm³/mol. The number of nitrogens with one attached hydrogen (secondary N) is 1. The number of hydrogen-bond acceptors (Lipinski definition) is 5. The van der Waals surface area contributed by atoms with Gasteiger partial charge in [-0.05, 0) is 32.4 Å². The molecule has 1 heterocycles. The minimum absolute atomic E-state index is 0.0310. The van der Waals surface area contributed by atoms with E-state index in [1.54, 1.807) is 30.5 Å². The van der Waals surface area contributed by atoms with Crippen LogP contribution >= 0.6 is 11.3 Å². The monoisotopic (exact) mass is 324 g/mol. The lowest BCUT2D eigenvalue weighted by atomic mass is 10.1. The zero-order valence-corrected chi connectivity index (χ0v) is 13.5. The Labute approximate surface area is 130 Å². The number of rotatable bonds is 4. The van der Waals surface area contributed by atoms with Gasteiger partial charge in [-0.15, -0.1) is 0 Å². The molecule has 0 fully saturated rings. The molecular formula is C14H16N2O3S2. The third-order valence-electron chi connectivity index (χ3n) is 2.82. The highest BCUT2D eigenvalue weighted by Gasteiger charge is 2.21. The Bertz CT molecular complexity index is 655. The highest BCUT2D eigenvalue weighted by molar-refractivity contribution is 7.92. The van der Waals surface area contributed by atoms with Crippen molar-refractivity contribution < 1.29 is 14.5 Å². The molecule has 0 saturated carbocycles. The molecule has 1 atom stereocenters. The molecule has 0 aliphatic rings. The van der Waals surface area contributed by atoms with Crippen molar-refractivity contribution in [3.8, 4) is 5.75 Å². The molecule has 0 saturated heterocycles. The minimum atomic E-state index is -1.18. The van der Waals surface area contributed by atoms with Gasteiger partial charge in [0.15, 0.2) is 5.13 Å². The summed E-state index contributed by atoms with van der Waals surface area (Å²) in [6, 6.07) is 4.96. The molecule has 0 radical (unpaired) electrons. The Hall–Kier alpha value is -1.57. The molecule has 112 valence electrons. The molecule has 0 bridgehead atoms. The van der Waals surface area contributed by atoms with Gasteiger partial charge in [0.2, 0.25) is 0 Å². The van der Waals surface area contributed by atoms with E-state index in [1.165, 1.54) is 11.3 Å². The Balaban J connectivity index is 2.15. The van der Waals surface area contributed by atoms with E-state index in [-0.39, 0.29) is 16.6 Å². The summed E-state index contributed by atoms with van der Waals surface area (Å²) in [5.74, 6) is -0.482. The smallest absolute Gasteiger partial charge is 0.261 e. The largest absolute Gasteiger partial charge is 0.610 e. The van der Waals surface area contributed by atoms with Crippen molar-refractivity contribution in [1.82, 2.24) is 4.98 Å². The van der Waals surface area contributed by atoms with Gasteiger partial charge in [0.25, 0.3) is 10.9 Å². The van der Waals surface area contributed by atoms with Crippen LogP contribution in [0.3, 0.4) is 0 Å². The number of anilines is 1. The van der Waals surface area contributed by atoms with Gasteiger partial charge in [0.05, 0.1) is 10.9 Å². The molecule has 1 amide bonds. The zero-order valence-electron chi connectivity index (χ0n) is 11.9. The number of carbonyl (C=O) groups is 1. The molecule has 5 nitrogen and oxygen atoms in total. The molecule has 2 N–H and O–H groups in total. The lowest BCUT2D eigenvalue weighted by Crippen LogP contribution is -2.15. The number of hydrogen-bond donors (Lipinski definition) is 2. The average Bonchev–Trinajstić information content (AvgIpc) is 2.89. The molecule has 2 aromatic rings. The minimum Gasteiger partial charge on any atom is -0.610 e. The molecule has 1 aromatic heterocycles. The summed E-state index contributed by atoms with van der Waals surface area (Å²) < 4.78 is 11.9. The van der Waals surface area contributed by atoms with Crippen molar-refractivity contribution in [3.63, 3.8) is 0 Å². The van der Waals surface area contributed by atoms with Crippen LogP contribution < -0.4 is 5.32 Å². The van der Waals surface area contributed by atoms with Crippen LogP contribution in [0.1, 0.15) is 29.8 Å². The molecular weight excluding hydrogens is 308 g/mol. The van der Waals surface area contributed by atoms with Gasteiger partial charge in [-0.25, -0.2) is 0 Å². The van der Waals surface area contributed by atoms with Crippen LogP contribution in [0.4, 0.5) is 5.13 Å². The van der Waals surface area contributed by atoms with E-state index in [2.05, 4.69) is 10.3 Å². The van der Waals surface area contributed by atoms with Crippen LogP contribution in [0.25, 0.3) is 0 Å². The van der Waals surface area contributed by atoms with E-state index in [9.17, 15) is 14.5 Å². The summed E-state index contributed by atoms with van der Waals surface area (Å²) in [4.78, 5) is 16.3. The normalized spacial score (nSPS) is 12.4. The van der Waals surface area contributed by atoms with Crippen molar-refractivity contribution >= 4 is 33.6 Å². The predicted octanol–water partition coefficient (Wildman–Crippen LogP) is 2.93. The first-order chi connectivity index (χ1) is 9.90. The van der Waals surface area contributed by atoms with Crippen molar-refractivity contribution in [2.45, 2.75) is 31.0 Å². The van der Waals surface area contributed by atoms with Crippen molar-refractivity contribution in [1.29, 1.82) is 0 Å². The molecule has 0 aliphatic heterocycles. The van der Waals surface area contributed by atoms with Crippen LogP contribution in [-0.2, 0) is 11.2 Å². The number of benzene rings is 1. The number of carbonyl (C=O) groups excluding carboxylic acids is 1. The molecule has 7 heteroatoms. The first-order valence-corrected chi connectivity index (χ1v) is 8.45. The van der Waals surface area contributed by atoms with Crippen LogP contribution in [0.5, 0.6) is 5.75 Å². The number of para-hydroxylation sites is 1. The third kappa shape index (κ3) is 3.55. The summed E-state index contributed by atoms with van der Waals surface area (Å²) in [7, 11) is 0. The van der Waals surface area contributed by atoms with E-state index < -0.39 is 17.1 Å². The number of aryl methyl sites for hydroxylation is 1. The first-order valence-electron chi connectivity index (χ1n) is 6.36. The lowest BCUT2D eigenvalue weighted by Gasteiger charge is -2.10. The summed E-state index contributed by atoms with van der Waals surface area (Å²) in [5, 5.41) is 15.0. The SMILES string of the molecule is Cc1cccc(C(=O)Nc2nc([S+]([O-])C(C)C)cs2)c1O. The number of nitrogens with zero attached hydrogens (tertiary/aromatic N) is 1. The van der Waals surface area contributed by atoms with Crippen molar-refractivity contribution in [3.05, 3.63) is 34.7 Å². The summed E-state index contributed by atoms with van der Waals surface area (Å²) in [6.45, 7) is 5.41. The number of amides is 1. The van der Waals surface area contributed by atoms with Gasteiger partial charge in [-0.1, -0.05) is 23.5 Å². The van der Waals surface area contributed by atoms with Crippen LogP contribution in [0.2, 0.25) is 0 Å². The van der Waals surface area contributed by atoms with E-state index >= 15 is 0 Å². The molecule has 21 heavy (non-hydrogen) atoms. The second-order valence-electron chi connectivity index (χ2n) is 4.76. The molecule has 0 spiro atoms. The quantitative estimate of drug-likeness (QED) is 0.847. The van der Waals surface area contributed by atoms with Crippen LogP contribution in [-0.4, -0.2) is 25.8 Å². The van der Waals surface area contributed by atoms with Crippen molar-refractivity contribution in [2.75, 3.05) is 5.32 Å². The Morgan fingerprint density at radius 2 is 2.19 bits per heavy atom. The van der Waals surface area contributed by atoms with Gasteiger partial charge in [0.1, 0.15) is 11.0 Å². The van der Waals surface area contributed by atoms with Gasteiger partial charge in [-0.2, -0.15) is 4.98 Å². The first kappa shape index (κ1) is 15.8. The maximum atomic E-state index is 12.1. The number of phenols is 1. The molecule has 0 aliphatic carbocycles. The van der Waals surface area contributed by atoms with Crippen LogP contribution in [0.15, 0.2) is 28.6 Å². The fourth-order valence-electron chi connectivity index (χ4n) is 1.66. The Kier molecular flexibility index (Phi) is 4.87. The number of thiazole rings is 1. The van der Waals surface area contributed by atoms with Gasteiger partial charge in [-0.3, -0.25) is 10.1 Å². The molecule has 1 aromatic carbocycles. The summed E-state index contributed by atoms with van der Waals surface area (Å²) in [5.41, 5.74) is 0.820. The molecule has 1 unspecified atom stereocenters.